The van der Waals surface area contributed by atoms with Crippen LogP contribution >= 0.6 is 0 Å². The lowest BCUT2D eigenvalue weighted by molar-refractivity contribution is -0.139. The summed E-state index contributed by atoms with van der Waals surface area (Å²) in [5, 5.41) is 2.81. The van der Waals surface area contributed by atoms with Crippen molar-refractivity contribution >= 4 is 27.5 Å². The molecule has 9 nitrogen and oxygen atoms in total. The van der Waals surface area contributed by atoms with Gasteiger partial charge in [-0.2, -0.15) is 0 Å². The molecule has 0 aromatic heterocycles. The highest BCUT2D eigenvalue weighted by atomic mass is 32.2. The van der Waals surface area contributed by atoms with E-state index < -0.39 is 28.5 Å². The van der Waals surface area contributed by atoms with Crippen LogP contribution in [0.2, 0.25) is 0 Å². The molecule has 0 unspecified atom stereocenters. The van der Waals surface area contributed by atoms with Gasteiger partial charge in [-0.25, -0.2) is 8.42 Å². The number of hydrogen-bond donors (Lipinski definition) is 1. The number of sulfonamides is 1. The molecule has 2 amide bonds. The molecule has 192 valence electrons. The first kappa shape index (κ1) is 28.0. The summed E-state index contributed by atoms with van der Waals surface area (Å²) in [5.41, 5.74) is 1.03. The lowest BCUT2D eigenvalue weighted by atomic mass is 10.1. The molecule has 2 aromatic rings. The van der Waals surface area contributed by atoms with Crippen LogP contribution in [-0.4, -0.2) is 64.2 Å². The molecule has 1 N–H and O–H groups in total. The van der Waals surface area contributed by atoms with Gasteiger partial charge in [-0.3, -0.25) is 13.9 Å². The molecule has 2 rings (SSSR count). The molecule has 1 atom stereocenters. The standard InChI is InChI=1S/C25H35N3O6S/c1-6-16-26-25(30)19(3)27(17-20-12-14-21(33-4)15-13-20)24(29)18-28(35(5,31)32)22-10-8-9-11-23(22)34-7-2/h8-15,19H,6-7,16-18H2,1-5H3,(H,26,30)/t19-/m0/s1. The topological polar surface area (TPSA) is 105 Å². The highest BCUT2D eigenvalue weighted by Crippen LogP contribution is 2.30. The summed E-state index contributed by atoms with van der Waals surface area (Å²) in [4.78, 5) is 27.7. The van der Waals surface area contributed by atoms with E-state index in [2.05, 4.69) is 5.32 Å². The minimum Gasteiger partial charge on any atom is -0.497 e. The van der Waals surface area contributed by atoms with Crippen LogP contribution in [0.3, 0.4) is 0 Å². The maximum atomic E-state index is 13.6. The lowest BCUT2D eigenvalue weighted by Crippen LogP contribution is -2.51. The Morgan fingerprint density at radius 2 is 1.71 bits per heavy atom. The Morgan fingerprint density at radius 1 is 1.06 bits per heavy atom. The van der Waals surface area contributed by atoms with Gasteiger partial charge in [0.05, 0.1) is 25.7 Å². The molecule has 0 spiro atoms. The number of benzene rings is 2. The largest absolute Gasteiger partial charge is 0.497 e. The van der Waals surface area contributed by atoms with E-state index in [1.165, 1.54) is 4.90 Å². The van der Waals surface area contributed by atoms with Gasteiger partial charge in [-0.1, -0.05) is 31.2 Å². The van der Waals surface area contributed by atoms with E-state index in [0.29, 0.717) is 24.7 Å². The van der Waals surface area contributed by atoms with Gasteiger partial charge in [-0.05, 0) is 50.1 Å². The second kappa shape index (κ2) is 13.0. The number of nitrogens with one attached hydrogen (secondary N) is 1. The van der Waals surface area contributed by atoms with Gasteiger partial charge in [0.2, 0.25) is 21.8 Å². The van der Waals surface area contributed by atoms with Gasteiger partial charge in [0.25, 0.3) is 0 Å². The Morgan fingerprint density at radius 3 is 2.29 bits per heavy atom. The maximum absolute atomic E-state index is 13.6. The minimum absolute atomic E-state index is 0.119. The Labute approximate surface area is 208 Å². The van der Waals surface area contributed by atoms with Crippen molar-refractivity contribution in [2.24, 2.45) is 0 Å². The van der Waals surface area contributed by atoms with Crippen molar-refractivity contribution in [3.63, 3.8) is 0 Å². The molecule has 2 aromatic carbocycles. The van der Waals surface area contributed by atoms with Crippen LogP contribution < -0.4 is 19.1 Å². The third kappa shape index (κ3) is 7.88. The smallest absolute Gasteiger partial charge is 0.244 e. The molecule has 0 aliphatic carbocycles. The summed E-state index contributed by atoms with van der Waals surface area (Å²) in [6, 6.07) is 13.0. The molecule has 0 aliphatic heterocycles. The first-order chi connectivity index (χ1) is 16.6. The normalized spacial score (nSPS) is 11.9. The first-order valence-corrected chi connectivity index (χ1v) is 13.4. The van der Waals surface area contributed by atoms with Crippen molar-refractivity contribution in [1.29, 1.82) is 0 Å². The summed E-state index contributed by atoms with van der Waals surface area (Å²) >= 11 is 0. The van der Waals surface area contributed by atoms with Crippen LogP contribution in [0.1, 0.15) is 32.8 Å². The van der Waals surface area contributed by atoms with E-state index >= 15 is 0 Å². The zero-order valence-electron chi connectivity index (χ0n) is 21.0. The number of hydrogen-bond acceptors (Lipinski definition) is 6. The van der Waals surface area contributed by atoms with E-state index in [4.69, 9.17) is 9.47 Å². The zero-order valence-corrected chi connectivity index (χ0v) is 21.8. The van der Waals surface area contributed by atoms with Crippen molar-refractivity contribution in [1.82, 2.24) is 10.2 Å². The fourth-order valence-electron chi connectivity index (χ4n) is 3.44. The van der Waals surface area contributed by atoms with E-state index in [9.17, 15) is 18.0 Å². The fourth-order valence-corrected chi connectivity index (χ4v) is 4.29. The van der Waals surface area contributed by atoms with E-state index in [0.717, 1.165) is 22.5 Å². The van der Waals surface area contributed by atoms with Gasteiger partial charge < -0.3 is 19.7 Å². The van der Waals surface area contributed by atoms with Crippen LogP contribution in [0.5, 0.6) is 11.5 Å². The quantitative estimate of drug-likeness (QED) is 0.449. The fraction of sp³-hybridized carbons (Fsp3) is 0.440. The second-order valence-electron chi connectivity index (χ2n) is 8.01. The maximum Gasteiger partial charge on any atom is 0.244 e. The second-order valence-corrected chi connectivity index (χ2v) is 9.91. The Kier molecular flexibility index (Phi) is 10.4. The van der Waals surface area contributed by atoms with Crippen LogP contribution in [0, 0.1) is 0 Å². The van der Waals surface area contributed by atoms with E-state index in [-0.39, 0.29) is 18.1 Å². The van der Waals surface area contributed by atoms with Crippen molar-refractivity contribution in [2.75, 3.05) is 37.4 Å². The van der Waals surface area contributed by atoms with E-state index in [1.54, 1.807) is 69.5 Å². The molecule has 0 aliphatic rings. The SMILES string of the molecule is CCCNC(=O)[C@H](C)N(Cc1ccc(OC)cc1)C(=O)CN(c1ccccc1OCC)S(C)(=O)=O. The minimum atomic E-state index is -3.84. The van der Waals surface area contributed by atoms with Gasteiger partial charge in [0, 0.05) is 13.1 Å². The third-order valence-corrected chi connectivity index (χ3v) is 6.47. The number of ether oxygens (including phenoxy) is 2. The molecule has 0 saturated heterocycles. The molecule has 0 radical (unpaired) electrons. The van der Waals surface area contributed by atoms with Crippen LogP contribution in [-0.2, 0) is 26.2 Å². The number of rotatable bonds is 13. The summed E-state index contributed by atoms with van der Waals surface area (Å²) in [6.45, 7) is 5.81. The number of carbonyl (C=O) groups excluding carboxylic acids is 2. The average Bonchev–Trinajstić information content (AvgIpc) is 2.84. The monoisotopic (exact) mass is 505 g/mol. The predicted octanol–water partition coefficient (Wildman–Crippen LogP) is 2.80. The molecule has 0 saturated carbocycles. The molecule has 35 heavy (non-hydrogen) atoms. The van der Waals surface area contributed by atoms with Gasteiger partial charge >= 0.3 is 0 Å². The number of carbonyl (C=O) groups is 2. The Bertz CT molecular complexity index is 1090. The van der Waals surface area contributed by atoms with Crippen LogP contribution in [0.4, 0.5) is 5.69 Å². The highest BCUT2D eigenvalue weighted by molar-refractivity contribution is 7.92. The van der Waals surface area contributed by atoms with E-state index in [1.807, 2.05) is 6.92 Å². The molecular formula is C25H35N3O6S. The van der Waals surface area contributed by atoms with Crippen molar-refractivity contribution in [3.05, 3.63) is 54.1 Å². The molecule has 0 heterocycles. The average molecular weight is 506 g/mol. The molecule has 0 fully saturated rings. The lowest BCUT2D eigenvalue weighted by Gasteiger charge is -2.32. The highest BCUT2D eigenvalue weighted by Gasteiger charge is 2.31. The summed E-state index contributed by atoms with van der Waals surface area (Å²) in [7, 11) is -2.28. The molecular weight excluding hydrogens is 470 g/mol. The summed E-state index contributed by atoms with van der Waals surface area (Å²) in [5.74, 6) is 0.186. The number of para-hydroxylation sites is 2. The summed E-state index contributed by atoms with van der Waals surface area (Å²) < 4.78 is 37.3. The first-order valence-electron chi connectivity index (χ1n) is 11.5. The summed E-state index contributed by atoms with van der Waals surface area (Å²) in [6.07, 6.45) is 1.79. The van der Waals surface area contributed by atoms with Gasteiger partial charge in [0.15, 0.2) is 0 Å². The van der Waals surface area contributed by atoms with Gasteiger partial charge in [-0.15, -0.1) is 0 Å². The zero-order chi connectivity index (χ0) is 26.0. The number of anilines is 1. The number of nitrogens with zero attached hydrogens (tertiary/aromatic N) is 2. The van der Waals surface area contributed by atoms with Crippen molar-refractivity contribution in [2.45, 2.75) is 39.8 Å². The predicted molar refractivity (Wildman–Crippen MR) is 136 cm³/mol. The number of amides is 2. The Hall–Kier alpha value is -3.27. The number of methoxy groups -OCH3 is 1. The molecule has 10 heteroatoms. The van der Waals surface area contributed by atoms with Crippen LogP contribution in [0.25, 0.3) is 0 Å². The Balaban J connectivity index is 2.41. The van der Waals surface area contributed by atoms with Crippen molar-refractivity contribution in [3.8, 4) is 11.5 Å². The van der Waals surface area contributed by atoms with Crippen LogP contribution in [0.15, 0.2) is 48.5 Å². The molecule has 0 bridgehead atoms. The van der Waals surface area contributed by atoms with Crippen molar-refractivity contribution < 1.29 is 27.5 Å². The third-order valence-electron chi connectivity index (χ3n) is 5.34. The van der Waals surface area contributed by atoms with Gasteiger partial charge in [0.1, 0.15) is 24.1 Å².